The van der Waals surface area contributed by atoms with Crippen molar-refractivity contribution in [1.82, 2.24) is 9.80 Å². The van der Waals surface area contributed by atoms with Gasteiger partial charge in [0.25, 0.3) is 0 Å². The predicted molar refractivity (Wildman–Crippen MR) is 99.4 cm³/mol. The molecule has 28 heavy (non-hydrogen) atoms. The number of urea groups is 1. The summed E-state index contributed by atoms with van der Waals surface area (Å²) in [7, 11) is 0. The normalized spacial score (nSPS) is 13.9. The van der Waals surface area contributed by atoms with Crippen LogP contribution in [-0.2, 0) is 19.1 Å². The van der Waals surface area contributed by atoms with E-state index < -0.39 is 36.3 Å². The number of rotatable bonds is 9. The molecule has 1 aliphatic heterocycles. The Balaban J connectivity index is 1.92. The summed E-state index contributed by atoms with van der Waals surface area (Å²) >= 11 is 0. The van der Waals surface area contributed by atoms with Gasteiger partial charge in [-0.25, -0.2) is 14.5 Å². The molecule has 0 aromatic heterocycles. The second-order valence-electron chi connectivity index (χ2n) is 6.25. The highest BCUT2D eigenvalue weighted by Gasteiger charge is 2.44. The van der Waals surface area contributed by atoms with E-state index in [0.29, 0.717) is 29.2 Å². The topological polar surface area (TPSA) is 113 Å². The highest BCUT2D eigenvalue weighted by Crippen LogP contribution is 2.14. The molecular weight excluding hydrogens is 366 g/mol. The Labute approximate surface area is 162 Å². The van der Waals surface area contributed by atoms with Gasteiger partial charge in [-0.15, -0.1) is 0 Å². The second-order valence-corrected chi connectivity index (χ2v) is 6.25. The van der Waals surface area contributed by atoms with Crippen LogP contribution in [-0.4, -0.2) is 59.2 Å². The van der Waals surface area contributed by atoms with Crippen molar-refractivity contribution in [2.75, 3.05) is 25.0 Å². The smallest absolute Gasteiger partial charge is 0.338 e. The van der Waals surface area contributed by atoms with Crippen molar-refractivity contribution in [3.05, 3.63) is 29.8 Å². The molecule has 0 aliphatic carbocycles. The molecule has 5 amide bonds. The van der Waals surface area contributed by atoms with Gasteiger partial charge in [0, 0.05) is 12.2 Å². The minimum atomic E-state index is -1.02. The third-order valence-corrected chi connectivity index (χ3v) is 4.02. The van der Waals surface area contributed by atoms with Crippen LogP contribution in [0.1, 0.15) is 43.5 Å². The number of imide groups is 2. The Morgan fingerprint density at radius 1 is 0.964 bits per heavy atom. The van der Waals surface area contributed by atoms with Crippen LogP contribution in [0.4, 0.5) is 10.5 Å². The molecule has 1 aromatic rings. The standard InChI is InChI=1S/C19H23N3O6/c1-3-5-11-28-18(26)13-6-8-14(9-7-13)20-15(23)12-22-17(25)16(24)21(10-4-2)19(22)27/h6-9H,3-5,10-12H2,1-2H3,(H,20,23). The molecule has 1 fully saturated rings. The van der Waals surface area contributed by atoms with Crippen molar-refractivity contribution in [3.63, 3.8) is 0 Å². The van der Waals surface area contributed by atoms with Crippen LogP contribution in [0.2, 0.25) is 0 Å². The summed E-state index contributed by atoms with van der Waals surface area (Å²) in [6, 6.07) is 5.23. The van der Waals surface area contributed by atoms with Crippen LogP contribution in [0.15, 0.2) is 24.3 Å². The first-order valence-electron chi connectivity index (χ1n) is 9.13. The van der Waals surface area contributed by atoms with E-state index in [-0.39, 0.29) is 6.54 Å². The maximum Gasteiger partial charge on any atom is 0.338 e. The molecule has 9 nitrogen and oxygen atoms in total. The van der Waals surface area contributed by atoms with E-state index in [1.54, 1.807) is 6.92 Å². The van der Waals surface area contributed by atoms with Gasteiger partial charge in [0.15, 0.2) is 0 Å². The fourth-order valence-corrected chi connectivity index (χ4v) is 2.54. The van der Waals surface area contributed by atoms with Crippen LogP contribution in [0.3, 0.4) is 0 Å². The van der Waals surface area contributed by atoms with Crippen molar-refractivity contribution < 1.29 is 28.7 Å². The SMILES string of the molecule is CCCCOC(=O)c1ccc(NC(=O)CN2C(=O)C(=O)N(CCC)C2=O)cc1. The molecule has 1 heterocycles. The van der Waals surface area contributed by atoms with Gasteiger partial charge in [0.2, 0.25) is 5.91 Å². The molecule has 1 saturated heterocycles. The highest BCUT2D eigenvalue weighted by molar-refractivity contribution is 6.45. The summed E-state index contributed by atoms with van der Waals surface area (Å²) in [6.07, 6.45) is 2.21. The Hall–Kier alpha value is -3.23. The van der Waals surface area contributed by atoms with E-state index in [1.807, 2.05) is 6.92 Å². The summed E-state index contributed by atoms with van der Waals surface area (Å²) in [4.78, 5) is 61.2. The number of nitrogens with zero attached hydrogens (tertiary/aromatic N) is 2. The van der Waals surface area contributed by atoms with Gasteiger partial charge in [-0.2, -0.15) is 0 Å². The number of amides is 5. The molecule has 1 N–H and O–H groups in total. The fourth-order valence-electron chi connectivity index (χ4n) is 2.54. The van der Waals surface area contributed by atoms with Gasteiger partial charge >= 0.3 is 23.8 Å². The Bertz CT molecular complexity index is 774. The van der Waals surface area contributed by atoms with E-state index in [4.69, 9.17) is 4.74 Å². The molecule has 1 aromatic carbocycles. The zero-order chi connectivity index (χ0) is 20.7. The first-order valence-corrected chi connectivity index (χ1v) is 9.13. The molecule has 0 unspecified atom stereocenters. The van der Waals surface area contributed by atoms with Crippen LogP contribution in [0, 0.1) is 0 Å². The number of benzene rings is 1. The highest BCUT2D eigenvalue weighted by atomic mass is 16.5. The maximum atomic E-state index is 12.1. The van der Waals surface area contributed by atoms with Crippen LogP contribution in [0.25, 0.3) is 0 Å². The van der Waals surface area contributed by atoms with Gasteiger partial charge in [-0.05, 0) is 37.1 Å². The largest absolute Gasteiger partial charge is 0.462 e. The lowest BCUT2D eigenvalue weighted by atomic mass is 10.2. The molecular formula is C19H23N3O6. The Morgan fingerprint density at radius 2 is 1.61 bits per heavy atom. The van der Waals surface area contributed by atoms with Gasteiger partial charge in [0.05, 0.1) is 12.2 Å². The van der Waals surface area contributed by atoms with Gasteiger partial charge in [-0.1, -0.05) is 20.3 Å². The van der Waals surface area contributed by atoms with Gasteiger partial charge < -0.3 is 10.1 Å². The van der Waals surface area contributed by atoms with Crippen molar-refractivity contribution >= 4 is 35.4 Å². The van der Waals surface area contributed by atoms with E-state index in [2.05, 4.69) is 5.32 Å². The first kappa shape index (κ1) is 21.1. The third-order valence-electron chi connectivity index (χ3n) is 4.02. The maximum absolute atomic E-state index is 12.1. The summed E-state index contributed by atoms with van der Waals surface area (Å²) in [5, 5.41) is 2.52. The fraction of sp³-hybridized carbons (Fsp3) is 0.421. The zero-order valence-electron chi connectivity index (χ0n) is 15.9. The predicted octanol–water partition coefficient (Wildman–Crippen LogP) is 1.78. The number of esters is 1. The number of unbranched alkanes of at least 4 members (excludes halogenated alkanes) is 1. The van der Waals surface area contributed by atoms with Crippen molar-refractivity contribution in [2.24, 2.45) is 0 Å². The molecule has 0 bridgehead atoms. The lowest BCUT2D eigenvalue weighted by Crippen LogP contribution is -2.39. The Morgan fingerprint density at radius 3 is 2.21 bits per heavy atom. The molecule has 0 radical (unpaired) electrons. The molecule has 1 aliphatic rings. The summed E-state index contributed by atoms with van der Waals surface area (Å²) in [6.45, 7) is 3.66. The van der Waals surface area contributed by atoms with Gasteiger partial charge in [-0.3, -0.25) is 19.3 Å². The molecule has 9 heteroatoms. The second kappa shape index (κ2) is 9.63. The van der Waals surface area contributed by atoms with Crippen LogP contribution >= 0.6 is 0 Å². The molecule has 2 rings (SSSR count). The molecule has 0 saturated carbocycles. The third kappa shape index (κ3) is 4.93. The lowest BCUT2D eigenvalue weighted by molar-refractivity contribution is -0.143. The zero-order valence-corrected chi connectivity index (χ0v) is 15.9. The van der Waals surface area contributed by atoms with E-state index in [1.165, 1.54) is 24.3 Å². The summed E-state index contributed by atoms with van der Waals surface area (Å²) < 4.78 is 5.10. The van der Waals surface area contributed by atoms with Crippen LogP contribution in [0.5, 0.6) is 0 Å². The quantitative estimate of drug-likeness (QED) is 0.298. The lowest BCUT2D eigenvalue weighted by Gasteiger charge is -2.14. The monoisotopic (exact) mass is 389 g/mol. The van der Waals surface area contributed by atoms with Crippen molar-refractivity contribution in [1.29, 1.82) is 0 Å². The van der Waals surface area contributed by atoms with Gasteiger partial charge in [0.1, 0.15) is 6.54 Å². The number of hydrogen-bond donors (Lipinski definition) is 1. The first-order chi connectivity index (χ1) is 13.4. The number of hydrogen-bond acceptors (Lipinski definition) is 6. The molecule has 0 spiro atoms. The average Bonchev–Trinajstić information content (AvgIpc) is 2.87. The Kier molecular flexibility index (Phi) is 7.25. The number of carbonyl (C=O) groups is 5. The van der Waals surface area contributed by atoms with E-state index >= 15 is 0 Å². The summed E-state index contributed by atoms with van der Waals surface area (Å²) in [5.41, 5.74) is 0.728. The number of anilines is 1. The van der Waals surface area contributed by atoms with E-state index in [9.17, 15) is 24.0 Å². The minimum Gasteiger partial charge on any atom is -0.462 e. The average molecular weight is 389 g/mol. The van der Waals surface area contributed by atoms with Crippen molar-refractivity contribution in [3.8, 4) is 0 Å². The number of ether oxygens (including phenoxy) is 1. The van der Waals surface area contributed by atoms with E-state index in [0.717, 1.165) is 17.7 Å². The minimum absolute atomic E-state index is 0.122. The number of nitrogens with one attached hydrogen (secondary N) is 1. The summed E-state index contributed by atoms with van der Waals surface area (Å²) in [5.74, 6) is -3.02. The van der Waals surface area contributed by atoms with Crippen molar-refractivity contribution in [2.45, 2.75) is 33.1 Å². The molecule has 150 valence electrons. The number of carbonyl (C=O) groups excluding carboxylic acids is 5. The molecule has 0 atom stereocenters. The van der Waals surface area contributed by atoms with Crippen LogP contribution < -0.4 is 5.32 Å².